The highest BCUT2D eigenvalue weighted by molar-refractivity contribution is 5.29. The molecule has 0 spiro atoms. The van der Waals surface area contributed by atoms with Gasteiger partial charge in [-0.25, -0.2) is 0 Å². The molecule has 0 bridgehead atoms. The minimum absolute atomic E-state index is 0.515. The van der Waals surface area contributed by atoms with Crippen LogP contribution in [0.15, 0.2) is 24.3 Å². The third-order valence-electron chi connectivity index (χ3n) is 4.02. The van der Waals surface area contributed by atoms with Crippen LogP contribution in [0.3, 0.4) is 0 Å². The van der Waals surface area contributed by atoms with Gasteiger partial charge in [-0.3, -0.25) is 0 Å². The molecule has 2 heteroatoms. The van der Waals surface area contributed by atoms with Crippen LogP contribution in [-0.2, 0) is 0 Å². The Morgan fingerprint density at radius 3 is 2.39 bits per heavy atom. The number of rotatable bonds is 5. The summed E-state index contributed by atoms with van der Waals surface area (Å²) in [5, 5.41) is 3.67. The fraction of sp³-hybridized carbons (Fsp3) is 0.625. The Morgan fingerprint density at radius 1 is 1.17 bits per heavy atom. The number of methoxy groups -OCH3 is 1. The Morgan fingerprint density at radius 2 is 1.83 bits per heavy atom. The third kappa shape index (κ3) is 3.26. The molecular formula is C16H25NO. The van der Waals surface area contributed by atoms with Gasteiger partial charge in [0.25, 0.3) is 0 Å². The topological polar surface area (TPSA) is 21.3 Å². The van der Waals surface area contributed by atoms with Gasteiger partial charge in [0.05, 0.1) is 7.11 Å². The molecule has 0 amide bonds. The van der Waals surface area contributed by atoms with Gasteiger partial charge in [0.15, 0.2) is 0 Å². The lowest BCUT2D eigenvalue weighted by Crippen LogP contribution is -2.29. The van der Waals surface area contributed by atoms with E-state index in [9.17, 15) is 0 Å². The van der Waals surface area contributed by atoms with E-state index in [1.165, 1.54) is 37.7 Å². The van der Waals surface area contributed by atoms with Crippen LogP contribution in [0.25, 0.3) is 0 Å². The van der Waals surface area contributed by atoms with Crippen LogP contribution in [0.1, 0.15) is 50.6 Å². The van der Waals surface area contributed by atoms with Gasteiger partial charge in [-0.05, 0) is 43.0 Å². The van der Waals surface area contributed by atoms with E-state index >= 15 is 0 Å². The first-order chi connectivity index (χ1) is 8.85. The van der Waals surface area contributed by atoms with Crippen LogP contribution in [0.5, 0.6) is 5.75 Å². The summed E-state index contributed by atoms with van der Waals surface area (Å²) in [7, 11) is 1.72. The van der Waals surface area contributed by atoms with Gasteiger partial charge in [0.2, 0.25) is 0 Å². The fourth-order valence-corrected chi connectivity index (χ4v) is 3.06. The van der Waals surface area contributed by atoms with E-state index in [2.05, 4.69) is 36.5 Å². The third-order valence-corrected chi connectivity index (χ3v) is 4.02. The van der Waals surface area contributed by atoms with Crippen molar-refractivity contribution < 1.29 is 4.74 Å². The van der Waals surface area contributed by atoms with Crippen molar-refractivity contribution in [3.63, 3.8) is 0 Å². The van der Waals surface area contributed by atoms with Crippen molar-refractivity contribution in [1.29, 1.82) is 0 Å². The Hall–Kier alpha value is -1.02. The second kappa shape index (κ2) is 6.79. The lowest BCUT2D eigenvalue weighted by atomic mass is 9.81. The summed E-state index contributed by atoms with van der Waals surface area (Å²) in [5.41, 5.74) is 1.41. The average molecular weight is 247 g/mol. The fourth-order valence-electron chi connectivity index (χ4n) is 3.06. The summed E-state index contributed by atoms with van der Waals surface area (Å²) in [6.45, 7) is 3.23. The van der Waals surface area contributed by atoms with Crippen LogP contribution >= 0.6 is 0 Å². The van der Waals surface area contributed by atoms with Crippen molar-refractivity contribution in [3.05, 3.63) is 29.8 Å². The van der Waals surface area contributed by atoms with Gasteiger partial charge >= 0.3 is 0 Å². The zero-order chi connectivity index (χ0) is 12.8. The molecule has 1 aliphatic carbocycles. The molecule has 0 radical (unpaired) electrons. The van der Waals surface area contributed by atoms with Crippen molar-refractivity contribution in [3.8, 4) is 5.75 Å². The smallest absolute Gasteiger partial charge is 0.118 e. The van der Waals surface area contributed by atoms with E-state index in [4.69, 9.17) is 4.74 Å². The summed E-state index contributed by atoms with van der Waals surface area (Å²) in [6, 6.07) is 9.08. The standard InChI is InChI=1S/C16H25NO/c1-3-17-16(13-7-5-4-6-8-13)14-9-11-15(18-2)12-10-14/h9-13,16-17H,3-8H2,1-2H3. The maximum atomic E-state index is 5.23. The lowest BCUT2D eigenvalue weighted by Gasteiger charge is -2.31. The summed E-state index contributed by atoms with van der Waals surface area (Å²) in [6.07, 6.45) is 6.93. The number of hydrogen-bond acceptors (Lipinski definition) is 2. The Balaban J connectivity index is 2.11. The molecule has 0 heterocycles. The molecule has 1 saturated carbocycles. The quantitative estimate of drug-likeness (QED) is 0.851. The number of ether oxygens (including phenoxy) is 1. The molecule has 0 saturated heterocycles. The molecule has 1 aliphatic rings. The minimum atomic E-state index is 0.515. The Bertz CT molecular complexity index is 341. The summed E-state index contributed by atoms with van der Waals surface area (Å²) in [5.74, 6) is 1.74. The molecule has 0 aliphatic heterocycles. The van der Waals surface area contributed by atoms with Crippen LogP contribution in [-0.4, -0.2) is 13.7 Å². The maximum Gasteiger partial charge on any atom is 0.118 e. The van der Waals surface area contributed by atoms with Crippen molar-refractivity contribution in [2.45, 2.75) is 45.1 Å². The van der Waals surface area contributed by atoms with Gasteiger partial charge < -0.3 is 10.1 Å². The second-order valence-electron chi connectivity index (χ2n) is 5.21. The molecule has 2 nitrogen and oxygen atoms in total. The zero-order valence-corrected chi connectivity index (χ0v) is 11.6. The van der Waals surface area contributed by atoms with Gasteiger partial charge in [0.1, 0.15) is 5.75 Å². The molecule has 0 aromatic heterocycles. The number of nitrogens with one attached hydrogen (secondary N) is 1. The Labute approximate surface area is 111 Å². The first-order valence-corrected chi connectivity index (χ1v) is 7.22. The molecule has 1 aromatic carbocycles. The van der Waals surface area contributed by atoms with Crippen LogP contribution in [0.2, 0.25) is 0 Å². The van der Waals surface area contributed by atoms with Crippen molar-refractivity contribution in [1.82, 2.24) is 5.32 Å². The van der Waals surface area contributed by atoms with E-state index in [1.54, 1.807) is 7.11 Å². The molecule has 1 atom stereocenters. The summed E-state index contributed by atoms with van der Waals surface area (Å²) < 4.78 is 5.23. The molecule has 1 unspecified atom stereocenters. The second-order valence-corrected chi connectivity index (χ2v) is 5.21. The zero-order valence-electron chi connectivity index (χ0n) is 11.6. The lowest BCUT2D eigenvalue weighted by molar-refractivity contribution is 0.274. The monoisotopic (exact) mass is 247 g/mol. The van der Waals surface area contributed by atoms with Crippen LogP contribution in [0.4, 0.5) is 0 Å². The van der Waals surface area contributed by atoms with Crippen molar-refractivity contribution in [2.24, 2.45) is 5.92 Å². The highest BCUT2D eigenvalue weighted by Crippen LogP contribution is 2.34. The van der Waals surface area contributed by atoms with Crippen LogP contribution in [0, 0.1) is 5.92 Å². The minimum Gasteiger partial charge on any atom is -0.497 e. The van der Waals surface area contributed by atoms with E-state index in [1.807, 2.05) is 0 Å². The van der Waals surface area contributed by atoms with Gasteiger partial charge in [-0.15, -0.1) is 0 Å². The summed E-state index contributed by atoms with van der Waals surface area (Å²) >= 11 is 0. The van der Waals surface area contributed by atoms with Gasteiger partial charge in [-0.2, -0.15) is 0 Å². The van der Waals surface area contributed by atoms with E-state index < -0.39 is 0 Å². The maximum absolute atomic E-state index is 5.23. The first kappa shape index (κ1) is 13.4. The summed E-state index contributed by atoms with van der Waals surface area (Å²) in [4.78, 5) is 0. The van der Waals surface area contributed by atoms with Crippen LogP contribution < -0.4 is 10.1 Å². The SMILES string of the molecule is CCNC(c1ccc(OC)cc1)C1CCCCC1. The van der Waals surface area contributed by atoms with Crippen molar-refractivity contribution in [2.75, 3.05) is 13.7 Å². The molecular weight excluding hydrogens is 222 g/mol. The predicted molar refractivity (Wildman–Crippen MR) is 76.0 cm³/mol. The largest absolute Gasteiger partial charge is 0.497 e. The molecule has 100 valence electrons. The number of benzene rings is 1. The van der Waals surface area contributed by atoms with Gasteiger partial charge in [-0.1, -0.05) is 38.3 Å². The highest BCUT2D eigenvalue weighted by Gasteiger charge is 2.24. The first-order valence-electron chi connectivity index (χ1n) is 7.22. The van der Waals surface area contributed by atoms with Gasteiger partial charge in [0, 0.05) is 6.04 Å². The van der Waals surface area contributed by atoms with E-state index in [0.717, 1.165) is 18.2 Å². The molecule has 1 N–H and O–H groups in total. The van der Waals surface area contributed by atoms with E-state index in [0.29, 0.717) is 6.04 Å². The average Bonchev–Trinajstić information content (AvgIpc) is 2.46. The molecule has 2 rings (SSSR count). The molecule has 1 aromatic rings. The Kier molecular flexibility index (Phi) is 5.06. The molecule has 1 fully saturated rings. The number of hydrogen-bond donors (Lipinski definition) is 1. The normalized spacial score (nSPS) is 18.6. The molecule has 18 heavy (non-hydrogen) atoms. The van der Waals surface area contributed by atoms with E-state index in [-0.39, 0.29) is 0 Å². The van der Waals surface area contributed by atoms with Crippen molar-refractivity contribution >= 4 is 0 Å². The highest BCUT2D eigenvalue weighted by atomic mass is 16.5. The predicted octanol–water partition coefficient (Wildman–Crippen LogP) is 3.93.